The molecule has 3 N–H and O–H groups in total. The lowest BCUT2D eigenvalue weighted by atomic mass is 9.95. The summed E-state index contributed by atoms with van der Waals surface area (Å²) in [6.45, 7) is 3.19. The average Bonchev–Trinajstić information content (AvgIpc) is 2.82. The lowest BCUT2D eigenvalue weighted by molar-refractivity contribution is -0.117. The molecular weight excluding hydrogens is 248 g/mol. The van der Waals surface area contributed by atoms with Gasteiger partial charge in [-0.3, -0.25) is 9.69 Å². The van der Waals surface area contributed by atoms with E-state index in [0.717, 1.165) is 32.5 Å². The van der Waals surface area contributed by atoms with Gasteiger partial charge in [-0.25, -0.2) is 4.98 Å². The third kappa shape index (κ3) is 4.04. The Morgan fingerprint density at radius 1 is 1.67 bits per heavy atom. The molecule has 0 aliphatic carbocycles. The van der Waals surface area contributed by atoms with Gasteiger partial charge in [-0.2, -0.15) is 0 Å². The van der Waals surface area contributed by atoms with Gasteiger partial charge in [0.2, 0.25) is 5.91 Å². The summed E-state index contributed by atoms with van der Waals surface area (Å²) in [6.07, 6.45) is 5.15. The van der Waals surface area contributed by atoms with E-state index in [1.54, 1.807) is 6.20 Å². The minimum absolute atomic E-state index is 0.0262. The van der Waals surface area contributed by atoms with Crippen LogP contribution in [-0.2, 0) is 4.79 Å². The van der Waals surface area contributed by atoms with Gasteiger partial charge in [-0.1, -0.05) is 0 Å². The van der Waals surface area contributed by atoms with Crippen molar-refractivity contribution in [3.63, 3.8) is 0 Å². The first-order valence-electron chi connectivity index (χ1n) is 6.39. The maximum atomic E-state index is 11.8. The van der Waals surface area contributed by atoms with Crippen molar-refractivity contribution in [3.05, 3.63) is 11.6 Å². The Kier molecular flexibility index (Phi) is 5.10. The van der Waals surface area contributed by atoms with Crippen molar-refractivity contribution in [2.45, 2.75) is 19.3 Å². The molecule has 1 saturated heterocycles. The number of piperidine rings is 1. The lowest BCUT2D eigenvalue weighted by Crippen LogP contribution is -2.40. The zero-order chi connectivity index (χ0) is 12.8. The van der Waals surface area contributed by atoms with Crippen LogP contribution in [0.25, 0.3) is 0 Å². The van der Waals surface area contributed by atoms with Crippen molar-refractivity contribution < 1.29 is 4.79 Å². The van der Waals surface area contributed by atoms with Crippen LogP contribution in [0.4, 0.5) is 5.13 Å². The smallest absolute Gasteiger partial charge is 0.240 e. The Hall–Kier alpha value is -0.980. The van der Waals surface area contributed by atoms with E-state index in [0.29, 0.717) is 17.6 Å². The quantitative estimate of drug-likeness (QED) is 0.840. The molecule has 1 amide bonds. The topological polar surface area (TPSA) is 71.2 Å². The highest BCUT2D eigenvalue weighted by Gasteiger charge is 2.21. The molecule has 0 spiro atoms. The monoisotopic (exact) mass is 268 g/mol. The Morgan fingerprint density at radius 3 is 3.28 bits per heavy atom. The number of rotatable bonds is 5. The minimum Gasteiger partial charge on any atom is -0.330 e. The summed E-state index contributed by atoms with van der Waals surface area (Å²) in [7, 11) is 0. The molecular formula is C12H20N4OS. The number of thiazole rings is 1. The lowest BCUT2D eigenvalue weighted by Gasteiger charge is -2.31. The number of hydrogen-bond donors (Lipinski definition) is 2. The highest BCUT2D eigenvalue weighted by Crippen LogP contribution is 2.19. The number of nitrogens with zero attached hydrogens (tertiary/aromatic N) is 2. The largest absolute Gasteiger partial charge is 0.330 e. The van der Waals surface area contributed by atoms with Gasteiger partial charge in [0.15, 0.2) is 5.13 Å². The zero-order valence-corrected chi connectivity index (χ0v) is 11.3. The van der Waals surface area contributed by atoms with Gasteiger partial charge in [0.25, 0.3) is 0 Å². The molecule has 1 aliphatic heterocycles. The molecule has 1 fully saturated rings. The highest BCUT2D eigenvalue weighted by atomic mass is 32.1. The Labute approximate surface area is 111 Å². The van der Waals surface area contributed by atoms with E-state index in [4.69, 9.17) is 5.73 Å². The number of hydrogen-bond acceptors (Lipinski definition) is 5. The second kappa shape index (κ2) is 6.82. The Morgan fingerprint density at radius 2 is 2.56 bits per heavy atom. The van der Waals surface area contributed by atoms with Gasteiger partial charge in [0.1, 0.15) is 0 Å². The highest BCUT2D eigenvalue weighted by molar-refractivity contribution is 7.13. The summed E-state index contributed by atoms with van der Waals surface area (Å²) in [4.78, 5) is 18.1. The molecule has 1 aromatic rings. The van der Waals surface area contributed by atoms with Crippen molar-refractivity contribution in [2.75, 3.05) is 31.5 Å². The van der Waals surface area contributed by atoms with Crippen LogP contribution in [0.2, 0.25) is 0 Å². The fourth-order valence-electron chi connectivity index (χ4n) is 2.41. The summed E-state index contributed by atoms with van der Waals surface area (Å²) >= 11 is 1.44. The fourth-order valence-corrected chi connectivity index (χ4v) is 2.96. The van der Waals surface area contributed by atoms with Crippen molar-refractivity contribution in [3.8, 4) is 0 Å². The maximum Gasteiger partial charge on any atom is 0.240 e. The molecule has 0 bridgehead atoms. The van der Waals surface area contributed by atoms with Gasteiger partial charge in [0.05, 0.1) is 6.54 Å². The number of anilines is 1. The van der Waals surface area contributed by atoms with Crippen LogP contribution < -0.4 is 11.1 Å². The van der Waals surface area contributed by atoms with Crippen LogP contribution in [-0.4, -0.2) is 42.0 Å². The summed E-state index contributed by atoms with van der Waals surface area (Å²) in [5.74, 6) is 0.676. The fraction of sp³-hybridized carbons (Fsp3) is 0.667. The molecule has 6 heteroatoms. The van der Waals surface area contributed by atoms with Gasteiger partial charge in [0, 0.05) is 18.1 Å². The van der Waals surface area contributed by atoms with Gasteiger partial charge in [-0.15, -0.1) is 11.3 Å². The molecule has 5 nitrogen and oxygen atoms in total. The van der Waals surface area contributed by atoms with Crippen molar-refractivity contribution >= 4 is 22.4 Å². The van der Waals surface area contributed by atoms with Crippen LogP contribution in [0.5, 0.6) is 0 Å². The summed E-state index contributed by atoms with van der Waals surface area (Å²) in [6, 6.07) is 0. The first-order chi connectivity index (χ1) is 8.78. The van der Waals surface area contributed by atoms with Crippen molar-refractivity contribution in [2.24, 2.45) is 11.7 Å². The molecule has 1 atom stereocenters. The van der Waals surface area contributed by atoms with Crippen molar-refractivity contribution in [1.82, 2.24) is 9.88 Å². The van der Waals surface area contributed by atoms with Crippen LogP contribution >= 0.6 is 11.3 Å². The standard InChI is InChI=1S/C12H20N4OS/c13-4-3-10-2-1-6-16(8-10)9-11(17)15-12-14-5-7-18-12/h5,7,10H,1-4,6,8-9,13H2,(H,14,15,17). The van der Waals surface area contributed by atoms with Crippen molar-refractivity contribution in [1.29, 1.82) is 0 Å². The second-order valence-corrected chi connectivity index (χ2v) is 5.60. The molecule has 2 heterocycles. The number of nitrogens with one attached hydrogen (secondary N) is 1. The van der Waals surface area contributed by atoms with Gasteiger partial charge >= 0.3 is 0 Å². The Bertz CT molecular complexity index is 366. The summed E-state index contributed by atoms with van der Waals surface area (Å²) in [5.41, 5.74) is 5.59. The molecule has 2 rings (SSSR count). The van der Waals surface area contributed by atoms with Crippen LogP contribution in [0, 0.1) is 5.92 Å². The van der Waals surface area contributed by atoms with E-state index in [-0.39, 0.29) is 5.91 Å². The molecule has 0 radical (unpaired) electrons. The molecule has 1 aromatic heterocycles. The third-order valence-corrected chi connectivity index (χ3v) is 3.91. The normalized spacial score (nSPS) is 20.8. The number of nitrogens with two attached hydrogens (primary N) is 1. The van der Waals surface area contributed by atoms with E-state index >= 15 is 0 Å². The van der Waals surface area contributed by atoms with E-state index in [2.05, 4.69) is 15.2 Å². The number of aromatic nitrogens is 1. The molecule has 1 aliphatic rings. The maximum absolute atomic E-state index is 11.8. The van der Waals surface area contributed by atoms with E-state index in [1.807, 2.05) is 5.38 Å². The molecule has 18 heavy (non-hydrogen) atoms. The summed E-state index contributed by atoms with van der Waals surface area (Å²) < 4.78 is 0. The van der Waals surface area contributed by atoms with Crippen LogP contribution in [0.1, 0.15) is 19.3 Å². The number of carbonyl (C=O) groups is 1. The average molecular weight is 268 g/mol. The summed E-state index contributed by atoms with van der Waals surface area (Å²) in [5, 5.41) is 5.35. The van der Waals surface area contributed by atoms with Gasteiger partial charge < -0.3 is 11.1 Å². The van der Waals surface area contributed by atoms with Gasteiger partial charge in [-0.05, 0) is 38.3 Å². The first kappa shape index (κ1) is 13.5. The second-order valence-electron chi connectivity index (χ2n) is 4.71. The van der Waals surface area contributed by atoms with E-state index in [9.17, 15) is 4.79 Å². The number of likely N-dealkylation sites (tertiary alicyclic amines) is 1. The van der Waals surface area contributed by atoms with Crippen LogP contribution in [0.15, 0.2) is 11.6 Å². The molecule has 0 aromatic carbocycles. The molecule has 0 saturated carbocycles. The predicted octanol–water partition coefficient (Wildman–Crippen LogP) is 1.14. The molecule has 1 unspecified atom stereocenters. The SMILES string of the molecule is NCCC1CCCN(CC(=O)Nc2nccs2)C1. The third-order valence-electron chi connectivity index (χ3n) is 3.22. The number of carbonyl (C=O) groups excluding carboxylic acids is 1. The van der Waals surface area contributed by atoms with Crippen LogP contribution in [0.3, 0.4) is 0 Å². The van der Waals surface area contributed by atoms with E-state index < -0.39 is 0 Å². The minimum atomic E-state index is 0.0262. The Balaban J connectivity index is 1.76. The first-order valence-corrected chi connectivity index (χ1v) is 7.27. The predicted molar refractivity (Wildman–Crippen MR) is 73.6 cm³/mol. The number of amides is 1. The molecule has 100 valence electrons. The van der Waals surface area contributed by atoms with E-state index in [1.165, 1.54) is 17.8 Å². The zero-order valence-electron chi connectivity index (χ0n) is 10.5.